The van der Waals surface area contributed by atoms with E-state index in [9.17, 15) is 14.4 Å². The maximum absolute atomic E-state index is 11.7. The lowest BCUT2D eigenvalue weighted by Gasteiger charge is -2.15. The molecule has 0 aromatic rings. The minimum absolute atomic E-state index is 0.0272. The number of hydrogen-bond acceptors (Lipinski definition) is 3. The smallest absolute Gasteiger partial charge is 0.326 e. The van der Waals surface area contributed by atoms with Crippen LogP contribution in [0.15, 0.2) is 0 Å². The van der Waals surface area contributed by atoms with Gasteiger partial charge in [0, 0.05) is 26.1 Å². The quantitative estimate of drug-likeness (QED) is 0.746. The molecule has 1 saturated carbocycles. The summed E-state index contributed by atoms with van der Waals surface area (Å²) < 4.78 is 0. The number of carbonyl (C=O) groups excluding carboxylic acids is 3. The third-order valence-corrected chi connectivity index (χ3v) is 3.74. The zero-order chi connectivity index (χ0) is 13.8. The van der Waals surface area contributed by atoms with Crippen LogP contribution in [0.1, 0.15) is 38.5 Å². The molecule has 2 fully saturated rings. The van der Waals surface area contributed by atoms with E-state index in [4.69, 9.17) is 0 Å². The Balaban J connectivity index is 1.67. The summed E-state index contributed by atoms with van der Waals surface area (Å²) in [6.45, 7) is 0.479. The lowest BCUT2D eigenvalue weighted by molar-refractivity contribution is -0.126. The van der Waals surface area contributed by atoms with Gasteiger partial charge in [0.1, 0.15) is 6.54 Å². The molecule has 1 heterocycles. The SMILES string of the molecule is CN1CC(=O)N(CCCC(=O)NC2CCCC2)C1=O. The molecule has 2 rings (SSSR count). The van der Waals surface area contributed by atoms with Gasteiger partial charge in [-0.3, -0.25) is 14.5 Å². The first-order valence-electron chi connectivity index (χ1n) is 6.93. The van der Waals surface area contributed by atoms with E-state index < -0.39 is 0 Å². The number of nitrogens with one attached hydrogen (secondary N) is 1. The van der Waals surface area contributed by atoms with Crippen LogP contribution in [0.2, 0.25) is 0 Å². The first kappa shape index (κ1) is 13.8. The molecule has 1 N–H and O–H groups in total. The second kappa shape index (κ2) is 6.04. The molecule has 0 aromatic heterocycles. The van der Waals surface area contributed by atoms with Gasteiger partial charge in [0.2, 0.25) is 11.8 Å². The molecule has 0 unspecified atom stereocenters. The highest BCUT2D eigenvalue weighted by Crippen LogP contribution is 2.17. The first-order chi connectivity index (χ1) is 9.08. The Morgan fingerprint density at radius 2 is 2.00 bits per heavy atom. The van der Waals surface area contributed by atoms with Gasteiger partial charge in [0.05, 0.1) is 0 Å². The summed E-state index contributed by atoms with van der Waals surface area (Å²) in [5.41, 5.74) is 0. The number of hydrogen-bond donors (Lipinski definition) is 1. The van der Waals surface area contributed by atoms with Crippen molar-refractivity contribution in [3.63, 3.8) is 0 Å². The average molecular weight is 267 g/mol. The molecule has 4 amide bonds. The van der Waals surface area contributed by atoms with Gasteiger partial charge in [-0.1, -0.05) is 12.8 Å². The predicted octanol–water partition coefficient (Wildman–Crippen LogP) is 0.719. The fourth-order valence-corrected chi connectivity index (χ4v) is 2.66. The Morgan fingerprint density at radius 3 is 2.58 bits per heavy atom. The summed E-state index contributed by atoms with van der Waals surface area (Å²) in [5.74, 6) is -0.150. The van der Waals surface area contributed by atoms with Gasteiger partial charge in [-0.2, -0.15) is 0 Å². The summed E-state index contributed by atoms with van der Waals surface area (Å²) in [5, 5.41) is 3.00. The van der Waals surface area contributed by atoms with Crippen LogP contribution in [0.5, 0.6) is 0 Å². The number of nitrogens with zero attached hydrogens (tertiary/aromatic N) is 2. The largest absolute Gasteiger partial charge is 0.353 e. The lowest BCUT2D eigenvalue weighted by atomic mass is 10.2. The highest BCUT2D eigenvalue weighted by atomic mass is 16.2. The van der Waals surface area contributed by atoms with E-state index in [-0.39, 0.29) is 24.4 Å². The van der Waals surface area contributed by atoms with Crippen molar-refractivity contribution >= 4 is 17.8 Å². The van der Waals surface area contributed by atoms with Crippen molar-refractivity contribution in [2.24, 2.45) is 0 Å². The average Bonchev–Trinajstić information content (AvgIpc) is 2.93. The molecule has 1 aliphatic carbocycles. The molecule has 6 heteroatoms. The number of imide groups is 1. The van der Waals surface area contributed by atoms with Crippen molar-refractivity contribution in [2.75, 3.05) is 20.1 Å². The molecule has 0 radical (unpaired) electrons. The van der Waals surface area contributed by atoms with Crippen LogP contribution >= 0.6 is 0 Å². The Morgan fingerprint density at radius 1 is 1.32 bits per heavy atom. The normalized spacial score (nSPS) is 20.5. The van der Waals surface area contributed by atoms with Crippen LogP contribution in [0.4, 0.5) is 4.79 Å². The van der Waals surface area contributed by atoms with Crippen LogP contribution in [-0.4, -0.2) is 53.8 Å². The maximum atomic E-state index is 11.7. The summed E-state index contributed by atoms with van der Waals surface area (Å²) in [6.07, 6.45) is 5.42. The summed E-state index contributed by atoms with van der Waals surface area (Å²) >= 11 is 0. The number of carbonyl (C=O) groups is 3. The van der Waals surface area contributed by atoms with Crippen molar-refractivity contribution < 1.29 is 14.4 Å². The van der Waals surface area contributed by atoms with E-state index in [1.54, 1.807) is 7.05 Å². The molecule has 0 bridgehead atoms. The van der Waals surface area contributed by atoms with Gasteiger partial charge in [-0.25, -0.2) is 4.79 Å². The van der Waals surface area contributed by atoms with Gasteiger partial charge >= 0.3 is 6.03 Å². The van der Waals surface area contributed by atoms with Crippen LogP contribution < -0.4 is 5.32 Å². The summed E-state index contributed by atoms with van der Waals surface area (Å²) in [4.78, 5) is 37.4. The topological polar surface area (TPSA) is 69.7 Å². The number of rotatable bonds is 5. The van der Waals surface area contributed by atoms with Gasteiger partial charge in [0.25, 0.3) is 0 Å². The van der Waals surface area contributed by atoms with Gasteiger partial charge in [-0.15, -0.1) is 0 Å². The van der Waals surface area contributed by atoms with Crippen LogP contribution in [0.3, 0.4) is 0 Å². The second-order valence-corrected chi connectivity index (χ2v) is 5.34. The molecule has 106 valence electrons. The van der Waals surface area contributed by atoms with Crippen molar-refractivity contribution in [3.05, 3.63) is 0 Å². The molecule has 1 saturated heterocycles. The number of urea groups is 1. The molecule has 19 heavy (non-hydrogen) atoms. The van der Waals surface area contributed by atoms with E-state index in [1.165, 1.54) is 22.6 Å². The minimum atomic E-state index is -0.263. The molecular formula is C13H21N3O3. The van der Waals surface area contributed by atoms with E-state index in [0.29, 0.717) is 25.4 Å². The fraction of sp³-hybridized carbons (Fsp3) is 0.769. The third kappa shape index (κ3) is 3.45. The van der Waals surface area contributed by atoms with E-state index in [2.05, 4.69) is 5.32 Å². The molecule has 1 aliphatic heterocycles. The summed E-state index contributed by atoms with van der Waals surface area (Å²) in [6, 6.07) is 0.0647. The highest BCUT2D eigenvalue weighted by molar-refractivity contribution is 6.01. The Bertz CT molecular complexity index is 377. The van der Waals surface area contributed by atoms with Gasteiger partial charge < -0.3 is 10.2 Å². The molecule has 2 aliphatic rings. The Hall–Kier alpha value is -1.59. The number of likely N-dealkylation sites (N-methyl/N-ethyl adjacent to an activating group) is 1. The van der Waals surface area contributed by atoms with Crippen LogP contribution in [0.25, 0.3) is 0 Å². The standard InChI is InChI=1S/C13H21N3O3/c1-15-9-12(18)16(13(15)19)8-4-7-11(17)14-10-5-2-3-6-10/h10H,2-9H2,1H3,(H,14,17). The molecule has 0 atom stereocenters. The molecule has 0 aromatic carbocycles. The predicted molar refractivity (Wildman–Crippen MR) is 69.4 cm³/mol. The summed E-state index contributed by atoms with van der Waals surface area (Å²) in [7, 11) is 1.60. The molecule has 0 spiro atoms. The Kier molecular flexibility index (Phi) is 4.39. The molecular weight excluding hydrogens is 246 g/mol. The van der Waals surface area contributed by atoms with Crippen LogP contribution in [-0.2, 0) is 9.59 Å². The van der Waals surface area contributed by atoms with E-state index in [0.717, 1.165) is 12.8 Å². The van der Waals surface area contributed by atoms with Crippen molar-refractivity contribution in [2.45, 2.75) is 44.6 Å². The zero-order valence-corrected chi connectivity index (χ0v) is 11.4. The van der Waals surface area contributed by atoms with Crippen molar-refractivity contribution in [1.82, 2.24) is 15.1 Å². The van der Waals surface area contributed by atoms with Gasteiger partial charge in [0.15, 0.2) is 0 Å². The second-order valence-electron chi connectivity index (χ2n) is 5.34. The minimum Gasteiger partial charge on any atom is -0.353 e. The van der Waals surface area contributed by atoms with Crippen molar-refractivity contribution in [1.29, 1.82) is 0 Å². The fourth-order valence-electron chi connectivity index (χ4n) is 2.66. The van der Waals surface area contributed by atoms with Gasteiger partial charge in [-0.05, 0) is 19.3 Å². The number of amides is 4. The first-order valence-corrected chi connectivity index (χ1v) is 6.93. The highest BCUT2D eigenvalue weighted by Gasteiger charge is 2.32. The molecule has 6 nitrogen and oxygen atoms in total. The zero-order valence-electron chi connectivity index (χ0n) is 11.4. The lowest BCUT2D eigenvalue weighted by Crippen LogP contribution is -2.35. The third-order valence-electron chi connectivity index (χ3n) is 3.74. The van der Waals surface area contributed by atoms with E-state index in [1.807, 2.05) is 0 Å². The van der Waals surface area contributed by atoms with Crippen LogP contribution in [0, 0.1) is 0 Å². The van der Waals surface area contributed by atoms with E-state index >= 15 is 0 Å². The van der Waals surface area contributed by atoms with Crippen molar-refractivity contribution in [3.8, 4) is 0 Å². The Labute approximate surface area is 113 Å². The monoisotopic (exact) mass is 267 g/mol. The maximum Gasteiger partial charge on any atom is 0.326 e.